The molecule has 1 aromatic carbocycles. The molecule has 0 aliphatic heterocycles. The van der Waals surface area contributed by atoms with Crippen molar-refractivity contribution in [2.24, 2.45) is 0 Å². The Hall–Kier alpha value is -1.79. The third kappa shape index (κ3) is 3.33. The van der Waals surface area contributed by atoms with Gasteiger partial charge in [0.15, 0.2) is 6.04 Å². The molecule has 7 heteroatoms. The van der Waals surface area contributed by atoms with Crippen LogP contribution in [-0.4, -0.2) is 34.7 Å². The Morgan fingerprint density at radius 1 is 1.47 bits per heavy atom. The standard InChI is InChI=1S/C10H11ClN2O4/c11-6-3-5(1-2-7(6)12)9(15)13-8(4-14)10(16)17/h1-3,8,14H,4,12H2,(H,13,15)(H,16,17). The van der Waals surface area contributed by atoms with Crippen LogP contribution in [0.4, 0.5) is 5.69 Å². The van der Waals surface area contributed by atoms with Gasteiger partial charge in [-0.2, -0.15) is 0 Å². The van der Waals surface area contributed by atoms with Crippen LogP contribution in [0.2, 0.25) is 5.02 Å². The van der Waals surface area contributed by atoms with Crippen molar-refractivity contribution in [3.8, 4) is 0 Å². The van der Waals surface area contributed by atoms with E-state index in [0.717, 1.165) is 0 Å². The predicted molar refractivity (Wildman–Crippen MR) is 61.8 cm³/mol. The van der Waals surface area contributed by atoms with Gasteiger partial charge in [0.25, 0.3) is 5.91 Å². The van der Waals surface area contributed by atoms with Crippen molar-refractivity contribution in [1.82, 2.24) is 5.32 Å². The van der Waals surface area contributed by atoms with E-state index in [1.165, 1.54) is 18.2 Å². The van der Waals surface area contributed by atoms with Gasteiger partial charge in [-0.25, -0.2) is 4.79 Å². The Morgan fingerprint density at radius 2 is 2.12 bits per heavy atom. The van der Waals surface area contributed by atoms with Gasteiger partial charge in [-0.3, -0.25) is 4.79 Å². The van der Waals surface area contributed by atoms with E-state index in [-0.39, 0.29) is 10.6 Å². The molecule has 0 radical (unpaired) electrons. The summed E-state index contributed by atoms with van der Waals surface area (Å²) in [6, 6.07) is 2.82. The summed E-state index contributed by atoms with van der Waals surface area (Å²) in [5, 5.41) is 19.7. The molecule has 17 heavy (non-hydrogen) atoms. The van der Waals surface area contributed by atoms with Crippen LogP contribution in [0.1, 0.15) is 10.4 Å². The molecule has 0 saturated carbocycles. The fourth-order valence-electron chi connectivity index (χ4n) is 1.10. The monoisotopic (exact) mass is 258 g/mol. The number of carboxylic acids is 1. The van der Waals surface area contributed by atoms with Crippen molar-refractivity contribution in [1.29, 1.82) is 0 Å². The molecule has 5 N–H and O–H groups in total. The number of amides is 1. The Morgan fingerprint density at radius 3 is 2.59 bits per heavy atom. The molecule has 0 aliphatic carbocycles. The highest BCUT2D eigenvalue weighted by Crippen LogP contribution is 2.19. The maximum atomic E-state index is 11.6. The number of anilines is 1. The van der Waals surface area contributed by atoms with E-state index in [2.05, 4.69) is 5.32 Å². The van der Waals surface area contributed by atoms with Crippen LogP contribution in [-0.2, 0) is 4.79 Å². The molecule has 0 heterocycles. The predicted octanol–water partition coefficient (Wildman–Crippen LogP) is 0.0975. The summed E-state index contributed by atoms with van der Waals surface area (Å²) in [6.45, 7) is -0.691. The van der Waals surface area contributed by atoms with Gasteiger partial charge in [-0.05, 0) is 18.2 Å². The van der Waals surface area contributed by atoms with Gasteiger partial charge in [0, 0.05) is 5.56 Å². The number of hydrogen-bond donors (Lipinski definition) is 4. The van der Waals surface area contributed by atoms with Gasteiger partial charge in [0.2, 0.25) is 0 Å². The van der Waals surface area contributed by atoms with Gasteiger partial charge in [0.05, 0.1) is 17.3 Å². The van der Waals surface area contributed by atoms with Crippen LogP contribution >= 0.6 is 11.6 Å². The first kappa shape index (κ1) is 13.3. The molecule has 1 aromatic rings. The smallest absolute Gasteiger partial charge is 0.328 e. The first-order valence-corrected chi connectivity index (χ1v) is 5.03. The maximum Gasteiger partial charge on any atom is 0.328 e. The molecule has 92 valence electrons. The summed E-state index contributed by atoms with van der Waals surface area (Å²) in [5.41, 5.74) is 5.96. The van der Waals surface area contributed by atoms with E-state index in [9.17, 15) is 9.59 Å². The Kier molecular flexibility index (Phi) is 4.30. The van der Waals surface area contributed by atoms with Crippen LogP contribution in [0, 0.1) is 0 Å². The second-order valence-electron chi connectivity index (χ2n) is 3.28. The van der Waals surface area contributed by atoms with E-state index >= 15 is 0 Å². The Labute approximate surface area is 102 Å². The van der Waals surface area contributed by atoms with Crippen molar-refractivity contribution < 1.29 is 19.8 Å². The lowest BCUT2D eigenvalue weighted by Crippen LogP contribution is -2.43. The maximum absolute atomic E-state index is 11.6. The van der Waals surface area contributed by atoms with E-state index < -0.39 is 24.5 Å². The zero-order valence-corrected chi connectivity index (χ0v) is 9.44. The summed E-state index contributed by atoms with van der Waals surface area (Å²) >= 11 is 5.72. The Bertz CT molecular complexity index is 450. The molecule has 0 saturated heterocycles. The van der Waals surface area contributed by atoms with Crippen molar-refractivity contribution in [2.45, 2.75) is 6.04 Å². The molecule has 1 amide bonds. The largest absolute Gasteiger partial charge is 0.480 e. The lowest BCUT2D eigenvalue weighted by molar-refractivity contribution is -0.140. The highest BCUT2D eigenvalue weighted by molar-refractivity contribution is 6.33. The topological polar surface area (TPSA) is 113 Å². The summed E-state index contributed by atoms with van der Waals surface area (Å²) in [4.78, 5) is 22.2. The molecule has 0 aliphatic rings. The van der Waals surface area contributed by atoms with Crippen LogP contribution in [0.5, 0.6) is 0 Å². The van der Waals surface area contributed by atoms with Crippen LogP contribution < -0.4 is 11.1 Å². The van der Waals surface area contributed by atoms with Crippen LogP contribution in [0.15, 0.2) is 18.2 Å². The van der Waals surface area contributed by atoms with Crippen molar-refractivity contribution in [3.05, 3.63) is 28.8 Å². The minimum Gasteiger partial charge on any atom is -0.480 e. The normalized spacial score (nSPS) is 11.9. The fourth-order valence-corrected chi connectivity index (χ4v) is 1.28. The quantitative estimate of drug-likeness (QED) is 0.572. The van der Waals surface area contributed by atoms with Gasteiger partial charge >= 0.3 is 5.97 Å². The summed E-state index contributed by atoms with van der Waals surface area (Å²) in [5.74, 6) is -1.96. The molecular weight excluding hydrogens is 248 g/mol. The summed E-state index contributed by atoms with van der Waals surface area (Å²) in [6.07, 6.45) is 0. The third-order valence-electron chi connectivity index (χ3n) is 2.05. The minimum absolute atomic E-state index is 0.170. The number of carbonyl (C=O) groups excluding carboxylic acids is 1. The lowest BCUT2D eigenvalue weighted by Gasteiger charge is -2.11. The average molecular weight is 259 g/mol. The number of aliphatic carboxylic acids is 1. The molecule has 0 bridgehead atoms. The first-order valence-electron chi connectivity index (χ1n) is 4.65. The number of halogens is 1. The van der Waals surface area contributed by atoms with Gasteiger partial charge in [-0.1, -0.05) is 11.6 Å². The van der Waals surface area contributed by atoms with Gasteiger partial charge in [0.1, 0.15) is 0 Å². The second kappa shape index (κ2) is 5.51. The number of rotatable bonds is 4. The zero-order chi connectivity index (χ0) is 13.0. The highest BCUT2D eigenvalue weighted by Gasteiger charge is 2.19. The fraction of sp³-hybridized carbons (Fsp3) is 0.200. The Balaban J connectivity index is 2.82. The van der Waals surface area contributed by atoms with Gasteiger partial charge in [-0.15, -0.1) is 0 Å². The SMILES string of the molecule is Nc1ccc(C(=O)NC(CO)C(=O)O)cc1Cl. The number of aliphatic hydroxyl groups excluding tert-OH is 1. The molecule has 0 aromatic heterocycles. The minimum atomic E-state index is -1.35. The van der Waals surface area contributed by atoms with Crippen molar-refractivity contribution >= 4 is 29.2 Å². The zero-order valence-electron chi connectivity index (χ0n) is 8.68. The molecule has 0 fully saturated rings. The van der Waals surface area contributed by atoms with Crippen LogP contribution in [0.3, 0.4) is 0 Å². The molecule has 1 atom stereocenters. The molecule has 0 spiro atoms. The number of hydrogen-bond acceptors (Lipinski definition) is 4. The van der Waals surface area contributed by atoms with E-state index in [0.29, 0.717) is 5.69 Å². The summed E-state index contributed by atoms with van der Waals surface area (Å²) in [7, 11) is 0. The first-order chi connectivity index (χ1) is 7.95. The van der Waals surface area contributed by atoms with Gasteiger partial charge < -0.3 is 21.3 Å². The second-order valence-corrected chi connectivity index (χ2v) is 3.69. The number of nitrogen functional groups attached to an aromatic ring is 1. The molecule has 6 nitrogen and oxygen atoms in total. The van der Waals surface area contributed by atoms with Crippen molar-refractivity contribution in [3.63, 3.8) is 0 Å². The highest BCUT2D eigenvalue weighted by atomic mass is 35.5. The lowest BCUT2D eigenvalue weighted by atomic mass is 10.2. The number of benzene rings is 1. The number of aliphatic hydroxyl groups is 1. The molecule has 1 rings (SSSR count). The van der Waals surface area contributed by atoms with E-state index in [1.807, 2.05) is 0 Å². The number of nitrogens with one attached hydrogen (secondary N) is 1. The van der Waals surface area contributed by atoms with E-state index in [4.69, 9.17) is 27.5 Å². The number of carboxylic acid groups (broad SMARTS) is 1. The summed E-state index contributed by atoms with van der Waals surface area (Å²) < 4.78 is 0. The van der Waals surface area contributed by atoms with E-state index in [1.54, 1.807) is 0 Å². The number of carbonyl (C=O) groups is 2. The molecule has 1 unspecified atom stereocenters. The number of nitrogens with two attached hydrogens (primary N) is 1. The van der Waals surface area contributed by atoms with Crippen LogP contribution in [0.25, 0.3) is 0 Å². The van der Waals surface area contributed by atoms with Crippen molar-refractivity contribution in [2.75, 3.05) is 12.3 Å². The molecular formula is C10H11ClN2O4. The third-order valence-corrected chi connectivity index (χ3v) is 2.38. The average Bonchev–Trinajstić information content (AvgIpc) is 2.28.